The third kappa shape index (κ3) is 3.17. The van der Waals surface area contributed by atoms with Crippen molar-refractivity contribution < 1.29 is 22.3 Å². The number of hydrogen-bond donors (Lipinski definition) is 0. The third-order valence-corrected chi connectivity index (χ3v) is 2.95. The van der Waals surface area contributed by atoms with Gasteiger partial charge in [0.15, 0.2) is 0 Å². The summed E-state index contributed by atoms with van der Waals surface area (Å²) in [5, 5.41) is 0. The average Bonchev–Trinajstić information content (AvgIpc) is 2.41. The van der Waals surface area contributed by atoms with E-state index in [1.165, 1.54) is 31.4 Å². The molecule has 0 amide bonds. The Hall–Kier alpha value is -1.88. The Balaban J connectivity index is 2.30. The Morgan fingerprint density at radius 1 is 0.850 bits per heavy atom. The van der Waals surface area contributed by atoms with Crippen LogP contribution in [0.1, 0.15) is 22.8 Å². The lowest BCUT2D eigenvalue weighted by Crippen LogP contribution is -2.07. The minimum absolute atomic E-state index is 0.379. The summed E-state index contributed by atoms with van der Waals surface area (Å²) in [5.74, 6) is -0.379. The van der Waals surface area contributed by atoms with Crippen molar-refractivity contribution in [3.63, 3.8) is 0 Å². The highest BCUT2D eigenvalue weighted by Gasteiger charge is 2.30. The summed E-state index contributed by atoms with van der Waals surface area (Å²) in [7, 11) is 1.45. The highest BCUT2D eigenvalue weighted by molar-refractivity contribution is 5.33. The van der Waals surface area contributed by atoms with Crippen LogP contribution in [0.2, 0.25) is 0 Å². The number of halogens is 4. The molecule has 2 rings (SSSR count). The molecule has 1 nitrogen and oxygen atoms in total. The highest BCUT2D eigenvalue weighted by atomic mass is 19.4. The monoisotopic (exact) mass is 284 g/mol. The average molecular weight is 284 g/mol. The molecule has 0 saturated heterocycles. The van der Waals surface area contributed by atoms with Gasteiger partial charge in [0, 0.05) is 7.11 Å². The van der Waals surface area contributed by atoms with Crippen molar-refractivity contribution in [3.8, 4) is 0 Å². The minimum Gasteiger partial charge on any atom is -0.372 e. The fourth-order valence-electron chi connectivity index (χ4n) is 1.95. The molecule has 0 aliphatic carbocycles. The second-order valence-electron chi connectivity index (χ2n) is 4.29. The van der Waals surface area contributed by atoms with E-state index in [1.54, 1.807) is 12.1 Å². The Kier molecular flexibility index (Phi) is 4.09. The van der Waals surface area contributed by atoms with Crippen LogP contribution in [0.15, 0.2) is 48.5 Å². The van der Waals surface area contributed by atoms with Crippen LogP contribution in [-0.4, -0.2) is 7.11 Å². The second kappa shape index (κ2) is 5.63. The van der Waals surface area contributed by atoms with Crippen LogP contribution in [0.5, 0.6) is 0 Å². The molecule has 0 fully saturated rings. The van der Waals surface area contributed by atoms with Crippen LogP contribution in [0, 0.1) is 5.82 Å². The standard InChI is InChI=1S/C15H12F4O/c1-20-14(11-4-8-13(16)9-5-11)10-2-6-12(7-3-10)15(17,18)19/h2-9,14H,1H3. The van der Waals surface area contributed by atoms with Crippen molar-refractivity contribution in [2.75, 3.05) is 7.11 Å². The van der Waals surface area contributed by atoms with Gasteiger partial charge in [-0.15, -0.1) is 0 Å². The van der Waals surface area contributed by atoms with Gasteiger partial charge in [-0.05, 0) is 35.4 Å². The van der Waals surface area contributed by atoms with Crippen molar-refractivity contribution in [3.05, 3.63) is 71.0 Å². The summed E-state index contributed by atoms with van der Waals surface area (Å²) < 4.78 is 55.6. The van der Waals surface area contributed by atoms with Gasteiger partial charge in [-0.1, -0.05) is 24.3 Å². The number of alkyl halides is 3. The van der Waals surface area contributed by atoms with E-state index in [2.05, 4.69) is 0 Å². The van der Waals surface area contributed by atoms with Crippen LogP contribution >= 0.6 is 0 Å². The number of hydrogen-bond acceptors (Lipinski definition) is 1. The largest absolute Gasteiger partial charge is 0.416 e. The summed E-state index contributed by atoms with van der Waals surface area (Å²) in [6.45, 7) is 0. The quantitative estimate of drug-likeness (QED) is 0.750. The van der Waals surface area contributed by atoms with E-state index in [4.69, 9.17) is 4.74 Å². The van der Waals surface area contributed by atoms with Gasteiger partial charge in [-0.2, -0.15) is 13.2 Å². The lowest BCUT2D eigenvalue weighted by molar-refractivity contribution is -0.137. The minimum atomic E-state index is -4.36. The van der Waals surface area contributed by atoms with Gasteiger partial charge in [0.2, 0.25) is 0 Å². The van der Waals surface area contributed by atoms with E-state index in [1.807, 2.05) is 0 Å². The number of benzene rings is 2. The van der Waals surface area contributed by atoms with E-state index >= 15 is 0 Å². The van der Waals surface area contributed by atoms with Gasteiger partial charge in [-0.3, -0.25) is 0 Å². The normalized spacial score (nSPS) is 13.2. The van der Waals surface area contributed by atoms with Crippen molar-refractivity contribution >= 4 is 0 Å². The first-order valence-electron chi connectivity index (χ1n) is 5.87. The molecule has 2 aromatic carbocycles. The predicted octanol–water partition coefficient (Wildman–Crippen LogP) is 4.58. The van der Waals surface area contributed by atoms with E-state index in [9.17, 15) is 17.6 Å². The van der Waals surface area contributed by atoms with Crippen LogP contribution in [0.4, 0.5) is 17.6 Å². The zero-order valence-corrected chi connectivity index (χ0v) is 10.6. The van der Waals surface area contributed by atoms with Gasteiger partial charge in [0.05, 0.1) is 5.56 Å². The molecule has 0 aromatic heterocycles. The molecule has 0 aliphatic rings. The first-order valence-corrected chi connectivity index (χ1v) is 5.87. The first-order chi connectivity index (χ1) is 9.41. The molecular weight excluding hydrogens is 272 g/mol. The highest BCUT2D eigenvalue weighted by Crippen LogP contribution is 2.31. The number of methoxy groups -OCH3 is 1. The van der Waals surface area contributed by atoms with Gasteiger partial charge in [0.25, 0.3) is 0 Å². The molecule has 5 heteroatoms. The van der Waals surface area contributed by atoms with Crippen LogP contribution in [-0.2, 0) is 10.9 Å². The SMILES string of the molecule is COC(c1ccc(F)cc1)c1ccc(C(F)(F)F)cc1. The molecule has 106 valence electrons. The van der Waals surface area contributed by atoms with Gasteiger partial charge in [0.1, 0.15) is 11.9 Å². The van der Waals surface area contributed by atoms with Crippen LogP contribution < -0.4 is 0 Å². The molecule has 1 atom stereocenters. The molecular formula is C15H12F4O. The molecule has 20 heavy (non-hydrogen) atoms. The molecule has 0 aliphatic heterocycles. The van der Waals surface area contributed by atoms with Crippen molar-refractivity contribution in [1.29, 1.82) is 0 Å². The van der Waals surface area contributed by atoms with E-state index in [0.717, 1.165) is 12.1 Å². The Morgan fingerprint density at radius 3 is 1.70 bits per heavy atom. The topological polar surface area (TPSA) is 9.23 Å². The molecule has 2 aromatic rings. The molecule has 0 N–H and O–H groups in total. The summed E-state index contributed by atoms with van der Waals surface area (Å²) in [6, 6.07) is 10.4. The Bertz CT molecular complexity index is 558. The fraction of sp³-hybridized carbons (Fsp3) is 0.200. The molecule has 0 spiro atoms. The van der Waals surface area contributed by atoms with Gasteiger partial charge >= 0.3 is 6.18 Å². The summed E-state index contributed by atoms with van der Waals surface area (Å²) in [6.07, 6.45) is -4.89. The maximum absolute atomic E-state index is 12.9. The second-order valence-corrected chi connectivity index (χ2v) is 4.29. The lowest BCUT2D eigenvalue weighted by Gasteiger charge is -2.17. The predicted molar refractivity (Wildman–Crippen MR) is 66.7 cm³/mol. The fourth-order valence-corrected chi connectivity index (χ4v) is 1.95. The van der Waals surface area contributed by atoms with Gasteiger partial charge in [-0.25, -0.2) is 4.39 Å². The summed E-state index contributed by atoms with van der Waals surface area (Å²) in [4.78, 5) is 0. The molecule has 0 saturated carbocycles. The number of rotatable bonds is 3. The molecule has 0 bridgehead atoms. The van der Waals surface area contributed by atoms with E-state index in [0.29, 0.717) is 11.1 Å². The lowest BCUT2D eigenvalue weighted by atomic mass is 10.00. The van der Waals surface area contributed by atoms with Crippen molar-refractivity contribution in [2.24, 2.45) is 0 Å². The molecule has 0 heterocycles. The summed E-state index contributed by atoms with van der Waals surface area (Å²) in [5.41, 5.74) is 0.538. The molecule has 1 unspecified atom stereocenters. The Morgan fingerprint density at radius 2 is 1.30 bits per heavy atom. The zero-order chi connectivity index (χ0) is 14.8. The van der Waals surface area contributed by atoms with Crippen LogP contribution in [0.25, 0.3) is 0 Å². The maximum Gasteiger partial charge on any atom is 0.416 e. The van der Waals surface area contributed by atoms with E-state index < -0.39 is 17.8 Å². The third-order valence-electron chi connectivity index (χ3n) is 2.95. The van der Waals surface area contributed by atoms with Crippen LogP contribution in [0.3, 0.4) is 0 Å². The van der Waals surface area contributed by atoms with Crippen molar-refractivity contribution in [1.82, 2.24) is 0 Å². The Labute approximate surface area is 113 Å². The van der Waals surface area contributed by atoms with Gasteiger partial charge < -0.3 is 4.74 Å². The molecule has 0 radical (unpaired) electrons. The summed E-state index contributed by atoms with van der Waals surface area (Å²) >= 11 is 0. The van der Waals surface area contributed by atoms with E-state index in [-0.39, 0.29) is 5.82 Å². The van der Waals surface area contributed by atoms with Crippen molar-refractivity contribution in [2.45, 2.75) is 12.3 Å². The smallest absolute Gasteiger partial charge is 0.372 e. The number of ether oxygens (including phenoxy) is 1. The first kappa shape index (κ1) is 14.5. The zero-order valence-electron chi connectivity index (χ0n) is 10.6. The maximum atomic E-state index is 12.9.